The zero-order chi connectivity index (χ0) is 38.5. The number of unbranched alkanes of at least 4 members (excludes halogenated alkanes) is 2. The molecule has 3 unspecified atom stereocenters. The lowest BCUT2D eigenvalue weighted by Gasteiger charge is -2.45. The highest BCUT2D eigenvalue weighted by Gasteiger charge is 2.39. The van der Waals surface area contributed by atoms with Crippen LogP contribution in [0.25, 0.3) is 11.1 Å². The Hall–Kier alpha value is -5.41. The second-order valence-corrected chi connectivity index (χ2v) is 15.1. The molecule has 0 bridgehead atoms. The number of piperazine rings is 1. The number of amides is 3. The smallest absolute Gasteiger partial charge is 0.255 e. The maximum Gasteiger partial charge on any atom is 0.255 e. The quantitative estimate of drug-likeness (QED) is 0.0825. The van der Waals surface area contributed by atoms with Gasteiger partial charge in [-0.25, -0.2) is 0 Å². The number of carbonyl (C=O) groups is 3. The third-order valence-electron chi connectivity index (χ3n) is 11.4. The van der Waals surface area contributed by atoms with Crippen molar-refractivity contribution < 1.29 is 24.2 Å². The van der Waals surface area contributed by atoms with Gasteiger partial charge < -0.3 is 19.6 Å². The van der Waals surface area contributed by atoms with E-state index in [4.69, 9.17) is 4.74 Å². The second kappa shape index (κ2) is 16.9. The van der Waals surface area contributed by atoms with Crippen LogP contribution in [0.2, 0.25) is 0 Å². The van der Waals surface area contributed by atoms with Crippen LogP contribution in [0.5, 0.6) is 11.5 Å². The number of ether oxygens (including phenoxy) is 1. The number of imide groups is 1. The van der Waals surface area contributed by atoms with E-state index < -0.39 is 6.04 Å². The first kappa shape index (κ1) is 37.9. The zero-order valence-corrected chi connectivity index (χ0v) is 32.2. The van der Waals surface area contributed by atoms with Gasteiger partial charge in [-0.05, 0) is 128 Å². The molecule has 2 N–H and O–H groups in total. The highest BCUT2D eigenvalue weighted by molar-refractivity contribution is 6.05. The average molecular weight is 741 g/mol. The first-order chi connectivity index (χ1) is 26.7. The van der Waals surface area contributed by atoms with Gasteiger partial charge in [0.05, 0.1) is 6.61 Å². The molecule has 3 aliphatic heterocycles. The van der Waals surface area contributed by atoms with E-state index in [1.54, 1.807) is 17.0 Å². The summed E-state index contributed by atoms with van der Waals surface area (Å²) in [4.78, 5) is 44.0. The molecule has 0 aromatic heterocycles. The molecule has 0 saturated carbocycles. The minimum absolute atomic E-state index is 0.136. The predicted octanol–water partition coefficient (Wildman–Crippen LogP) is 7.67. The molecule has 9 nitrogen and oxygen atoms in total. The van der Waals surface area contributed by atoms with E-state index in [0.717, 1.165) is 79.0 Å². The number of piperidine rings is 1. The molecule has 286 valence electrons. The number of phenols is 1. The summed E-state index contributed by atoms with van der Waals surface area (Å²) in [5.41, 5.74) is 8.49. The maximum atomic E-state index is 13.2. The summed E-state index contributed by atoms with van der Waals surface area (Å²) in [6.07, 6.45) is 4.68. The first-order valence-electron chi connectivity index (χ1n) is 19.8. The molecule has 3 atom stereocenters. The molecule has 0 radical (unpaired) electrons. The summed E-state index contributed by atoms with van der Waals surface area (Å²) in [7, 11) is 0. The number of rotatable bonds is 13. The van der Waals surface area contributed by atoms with Crippen LogP contribution in [0, 0.1) is 0 Å². The maximum absolute atomic E-state index is 13.2. The van der Waals surface area contributed by atoms with Gasteiger partial charge in [-0.3, -0.25) is 24.6 Å². The fourth-order valence-corrected chi connectivity index (χ4v) is 8.42. The molecule has 55 heavy (non-hydrogen) atoms. The topological polar surface area (TPSA) is 102 Å². The summed E-state index contributed by atoms with van der Waals surface area (Å²) < 4.78 is 6.19. The molecular formula is C46H52N4O5. The Morgan fingerprint density at radius 1 is 0.800 bits per heavy atom. The van der Waals surface area contributed by atoms with E-state index in [0.29, 0.717) is 37.2 Å². The monoisotopic (exact) mass is 740 g/mol. The summed E-state index contributed by atoms with van der Waals surface area (Å²) in [6.45, 7) is 10.7. The number of benzene rings is 4. The van der Waals surface area contributed by atoms with E-state index in [9.17, 15) is 19.5 Å². The molecule has 4 aromatic carbocycles. The number of nitrogens with one attached hydrogen (secondary N) is 1. The minimum Gasteiger partial charge on any atom is -0.508 e. The van der Waals surface area contributed by atoms with Gasteiger partial charge in [0, 0.05) is 49.4 Å². The van der Waals surface area contributed by atoms with Crippen molar-refractivity contribution in [2.75, 3.05) is 31.1 Å². The lowest BCUT2D eigenvalue weighted by molar-refractivity contribution is -0.136. The lowest BCUT2D eigenvalue weighted by atomic mass is 9.88. The number of fused-ring (bicyclic) bond motifs is 1. The predicted molar refractivity (Wildman–Crippen MR) is 217 cm³/mol. The molecule has 0 aliphatic carbocycles. The van der Waals surface area contributed by atoms with Crippen molar-refractivity contribution in [3.8, 4) is 11.5 Å². The Kier molecular flexibility index (Phi) is 11.7. The molecule has 4 aromatic rings. The molecule has 7 rings (SSSR count). The highest BCUT2D eigenvalue weighted by Crippen LogP contribution is 2.36. The Morgan fingerprint density at radius 2 is 1.53 bits per heavy atom. The van der Waals surface area contributed by atoms with E-state index in [-0.39, 0.29) is 29.9 Å². The molecular weight excluding hydrogens is 689 g/mol. The summed E-state index contributed by atoms with van der Waals surface area (Å²) >= 11 is 0. The van der Waals surface area contributed by atoms with Crippen LogP contribution in [0.1, 0.15) is 91.9 Å². The average Bonchev–Trinajstić information content (AvgIpc) is 3.52. The normalized spacial score (nSPS) is 20.6. The van der Waals surface area contributed by atoms with Gasteiger partial charge in [0.2, 0.25) is 11.8 Å². The molecule has 3 amide bonds. The Balaban J connectivity index is 0.885. The van der Waals surface area contributed by atoms with E-state index in [2.05, 4.69) is 90.5 Å². The van der Waals surface area contributed by atoms with E-state index >= 15 is 0 Å². The molecule has 9 heteroatoms. The standard InChI is InChI=1S/C46H52N4O5/c1-4-40(33-11-7-5-8-12-33)44(34-13-18-38(51)19-14-34)35-15-20-39(21-16-35)55-26-10-6-9-25-48-28-32(3)49(29-31(48)2)37-17-22-41-36(27-37)30-50(46(41)54)42-23-24-43(52)47-45(42)53/h5,7-8,11-22,27,31-32,42,51H,4,6,9-10,23-26,28-30H2,1-3H3,(H,47,52,53)/b44-40-. The van der Waals surface area contributed by atoms with Gasteiger partial charge in [0.25, 0.3) is 5.91 Å². The van der Waals surface area contributed by atoms with Crippen LogP contribution >= 0.6 is 0 Å². The molecule has 2 fully saturated rings. The fraction of sp³-hybridized carbons (Fsp3) is 0.370. The van der Waals surface area contributed by atoms with Crippen molar-refractivity contribution in [1.29, 1.82) is 0 Å². The van der Waals surface area contributed by atoms with Gasteiger partial charge in [-0.1, -0.05) is 61.5 Å². The molecule has 3 heterocycles. The number of anilines is 1. The van der Waals surface area contributed by atoms with Crippen molar-refractivity contribution >= 4 is 34.6 Å². The fourth-order valence-electron chi connectivity index (χ4n) is 8.42. The Morgan fingerprint density at radius 3 is 2.24 bits per heavy atom. The van der Waals surface area contributed by atoms with Crippen LogP contribution in [-0.2, 0) is 16.1 Å². The van der Waals surface area contributed by atoms with Gasteiger partial charge in [-0.15, -0.1) is 0 Å². The minimum atomic E-state index is -0.601. The van der Waals surface area contributed by atoms with Gasteiger partial charge in [0.15, 0.2) is 0 Å². The van der Waals surface area contributed by atoms with Gasteiger partial charge >= 0.3 is 0 Å². The van der Waals surface area contributed by atoms with Gasteiger partial charge in [0.1, 0.15) is 17.5 Å². The molecule has 3 aliphatic rings. The van der Waals surface area contributed by atoms with Crippen molar-refractivity contribution in [2.24, 2.45) is 0 Å². The van der Waals surface area contributed by atoms with E-state index in [1.165, 1.54) is 11.1 Å². The van der Waals surface area contributed by atoms with Gasteiger partial charge in [-0.2, -0.15) is 0 Å². The number of allylic oxidation sites excluding steroid dienone is 1. The summed E-state index contributed by atoms with van der Waals surface area (Å²) in [5, 5.41) is 12.3. The number of nitrogens with zero attached hydrogens (tertiary/aromatic N) is 3. The van der Waals surface area contributed by atoms with Crippen molar-refractivity contribution in [2.45, 2.75) is 84.0 Å². The van der Waals surface area contributed by atoms with Crippen LogP contribution in [0.3, 0.4) is 0 Å². The largest absolute Gasteiger partial charge is 0.508 e. The molecule has 2 saturated heterocycles. The second-order valence-electron chi connectivity index (χ2n) is 15.1. The lowest BCUT2D eigenvalue weighted by Crippen LogP contribution is -2.56. The zero-order valence-electron chi connectivity index (χ0n) is 32.2. The Labute approximate surface area is 324 Å². The van der Waals surface area contributed by atoms with E-state index in [1.807, 2.05) is 30.3 Å². The molecule has 0 spiro atoms. The van der Waals surface area contributed by atoms with Crippen molar-refractivity contribution in [3.63, 3.8) is 0 Å². The summed E-state index contributed by atoms with van der Waals surface area (Å²) in [6, 6.07) is 32.5. The number of phenolic OH excluding ortho intramolecular Hbond substituents is 1. The Bertz CT molecular complexity index is 2030. The first-order valence-corrected chi connectivity index (χ1v) is 19.8. The number of hydrogen-bond donors (Lipinski definition) is 2. The van der Waals surface area contributed by atoms with Crippen molar-refractivity contribution in [3.05, 3.63) is 125 Å². The third-order valence-corrected chi connectivity index (χ3v) is 11.4. The number of carbonyl (C=O) groups excluding carboxylic acids is 3. The number of aromatic hydroxyl groups is 1. The number of hydrogen-bond acceptors (Lipinski definition) is 7. The van der Waals surface area contributed by atoms with Crippen LogP contribution in [0.4, 0.5) is 5.69 Å². The van der Waals surface area contributed by atoms with Crippen LogP contribution < -0.4 is 15.0 Å². The highest BCUT2D eigenvalue weighted by atomic mass is 16.5. The van der Waals surface area contributed by atoms with Crippen molar-refractivity contribution in [1.82, 2.24) is 15.1 Å². The summed E-state index contributed by atoms with van der Waals surface area (Å²) in [5.74, 6) is 0.330. The third kappa shape index (κ3) is 8.47. The SMILES string of the molecule is CC/C(=C(\c1ccc(O)cc1)c1ccc(OCCCCCN2CC(C)N(c3ccc4c(c3)CN(C3CCC(=O)NC3=O)C4=O)CC2C)cc1)c1ccccc1. The van der Waals surface area contributed by atoms with Crippen LogP contribution in [-0.4, -0.2) is 77.0 Å². The van der Waals surface area contributed by atoms with Crippen LogP contribution in [0.15, 0.2) is 97.1 Å².